The number of amides is 1. The standard InChI is InChI=1S/C9H11N5OS/c1-5(9-10-3-4-16-9)11-8(15)7-12-6(2)13-14-7/h3-5H,1-2H3,(H,11,15)(H,12,13,14). The van der Waals surface area contributed by atoms with Crippen LogP contribution in [0.15, 0.2) is 11.6 Å². The normalized spacial score (nSPS) is 12.4. The first-order chi connectivity index (χ1) is 7.66. The lowest BCUT2D eigenvalue weighted by molar-refractivity contribution is 0.0929. The summed E-state index contributed by atoms with van der Waals surface area (Å²) >= 11 is 1.50. The van der Waals surface area contributed by atoms with E-state index in [4.69, 9.17) is 0 Å². The number of aromatic nitrogens is 4. The molecule has 2 N–H and O–H groups in total. The maximum absolute atomic E-state index is 11.7. The van der Waals surface area contributed by atoms with Crippen molar-refractivity contribution >= 4 is 17.2 Å². The quantitative estimate of drug-likeness (QED) is 0.836. The summed E-state index contributed by atoms with van der Waals surface area (Å²) in [5.41, 5.74) is 0. The summed E-state index contributed by atoms with van der Waals surface area (Å²) in [6.45, 7) is 3.62. The van der Waals surface area contributed by atoms with E-state index in [2.05, 4.69) is 25.5 Å². The highest BCUT2D eigenvalue weighted by molar-refractivity contribution is 7.09. The van der Waals surface area contributed by atoms with Crippen LogP contribution in [-0.4, -0.2) is 26.1 Å². The molecule has 0 aliphatic heterocycles. The van der Waals surface area contributed by atoms with Gasteiger partial charge in [0.25, 0.3) is 5.91 Å². The SMILES string of the molecule is Cc1nc(C(=O)NC(C)c2nccs2)n[nH]1. The van der Waals surface area contributed by atoms with Gasteiger partial charge in [0.1, 0.15) is 10.8 Å². The average Bonchev–Trinajstić information content (AvgIpc) is 2.87. The van der Waals surface area contributed by atoms with Gasteiger partial charge in [0.05, 0.1) is 6.04 Å². The summed E-state index contributed by atoms with van der Waals surface area (Å²) < 4.78 is 0. The third-order valence-electron chi connectivity index (χ3n) is 1.97. The molecule has 0 spiro atoms. The van der Waals surface area contributed by atoms with Crippen molar-refractivity contribution in [3.63, 3.8) is 0 Å². The van der Waals surface area contributed by atoms with Crippen LogP contribution in [0.1, 0.15) is 34.4 Å². The molecule has 0 saturated carbocycles. The fourth-order valence-corrected chi connectivity index (χ4v) is 1.86. The Morgan fingerprint density at radius 2 is 2.44 bits per heavy atom. The van der Waals surface area contributed by atoms with E-state index in [1.807, 2.05) is 12.3 Å². The van der Waals surface area contributed by atoms with E-state index < -0.39 is 0 Å². The van der Waals surface area contributed by atoms with Crippen LogP contribution in [0.25, 0.3) is 0 Å². The minimum absolute atomic E-state index is 0.133. The number of hydrogen-bond donors (Lipinski definition) is 2. The second-order valence-electron chi connectivity index (χ2n) is 3.31. The summed E-state index contributed by atoms with van der Waals surface area (Å²) in [7, 11) is 0. The van der Waals surface area contributed by atoms with Gasteiger partial charge in [0, 0.05) is 11.6 Å². The number of nitrogens with zero attached hydrogens (tertiary/aromatic N) is 3. The van der Waals surface area contributed by atoms with Gasteiger partial charge in [-0.3, -0.25) is 9.89 Å². The summed E-state index contributed by atoms with van der Waals surface area (Å²) in [4.78, 5) is 19.8. The molecule has 0 bridgehead atoms. The van der Waals surface area contributed by atoms with Crippen LogP contribution in [0.3, 0.4) is 0 Å². The molecule has 2 aromatic heterocycles. The Morgan fingerprint density at radius 1 is 1.62 bits per heavy atom. The van der Waals surface area contributed by atoms with Gasteiger partial charge in [-0.2, -0.15) is 0 Å². The van der Waals surface area contributed by atoms with Crippen molar-refractivity contribution in [3.05, 3.63) is 28.2 Å². The number of carbonyl (C=O) groups excluding carboxylic acids is 1. The molecule has 16 heavy (non-hydrogen) atoms. The minimum atomic E-state index is -0.299. The lowest BCUT2D eigenvalue weighted by atomic mass is 10.3. The largest absolute Gasteiger partial charge is 0.340 e. The zero-order valence-corrected chi connectivity index (χ0v) is 9.71. The number of hydrogen-bond acceptors (Lipinski definition) is 5. The molecule has 1 amide bonds. The first kappa shape index (κ1) is 10.7. The first-order valence-electron chi connectivity index (χ1n) is 4.76. The van der Waals surface area contributed by atoms with E-state index in [0.717, 1.165) is 5.01 Å². The number of H-pyrrole nitrogens is 1. The van der Waals surface area contributed by atoms with Crippen molar-refractivity contribution in [3.8, 4) is 0 Å². The molecule has 0 aliphatic rings. The monoisotopic (exact) mass is 237 g/mol. The Bertz CT molecular complexity index is 478. The first-order valence-corrected chi connectivity index (χ1v) is 5.64. The number of aromatic amines is 1. The lowest BCUT2D eigenvalue weighted by Crippen LogP contribution is -2.27. The molecular weight excluding hydrogens is 226 g/mol. The molecule has 0 fully saturated rings. The van der Waals surface area contributed by atoms with Crippen LogP contribution in [-0.2, 0) is 0 Å². The zero-order valence-electron chi connectivity index (χ0n) is 8.89. The Kier molecular flexibility index (Phi) is 2.95. The number of thiazole rings is 1. The fourth-order valence-electron chi connectivity index (χ4n) is 1.22. The molecule has 6 nitrogen and oxygen atoms in total. The molecule has 2 aromatic rings. The molecule has 1 atom stereocenters. The highest BCUT2D eigenvalue weighted by Crippen LogP contribution is 2.14. The number of rotatable bonds is 3. The molecule has 0 aliphatic carbocycles. The third kappa shape index (κ3) is 2.25. The molecule has 0 aromatic carbocycles. The minimum Gasteiger partial charge on any atom is -0.340 e. The van der Waals surface area contributed by atoms with Crippen molar-refractivity contribution < 1.29 is 4.79 Å². The van der Waals surface area contributed by atoms with Gasteiger partial charge >= 0.3 is 0 Å². The van der Waals surface area contributed by atoms with Crippen LogP contribution in [0, 0.1) is 6.92 Å². The molecular formula is C9H11N5OS. The summed E-state index contributed by atoms with van der Waals surface area (Å²) in [5, 5.41) is 11.9. The smallest absolute Gasteiger partial charge is 0.291 e. The maximum atomic E-state index is 11.7. The van der Waals surface area contributed by atoms with Crippen LogP contribution in [0.5, 0.6) is 0 Å². The second-order valence-corrected chi connectivity index (χ2v) is 4.24. The van der Waals surface area contributed by atoms with Gasteiger partial charge < -0.3 is 5.32 Å². The van der Waals surface area contributed by atoms with Crippen molar-refractivity contribution in [2.45, 2.75) is 19.9 Å². The average molecular weight is 237 g/mol. The summed E-state index contributed by atoms with van der Waals surface area (Å²) in [6.07, 6.45) is 1.71. The molecule has 1 unspecified atom stereocenters. The highest BCUT2D eigenvalue weighted by Gasteiger charge is 2.16. The van der Waals surface area contributed by atoms with Crippen molar-refractivity contribution in [1.82, 2.24) is 25.5 Å². The Hall–Kier alpha value is -1.76. The lowest BCUT2D eigenvalue weighted by Gasteiger charge is -2.08. The van der Waals surface area contributed by atoms with Crippen molar-refractivity contribution in [1.29, 1.82) is 0 Å². The highest BCUT2D eigenvalue weighted by atomic mass is 32.1. The summed E-state index contributed by atoms with van der Waals surface area (Å²) in [5.74, 6) is 0.472. The van der Waals surface area contributed by atoms with Gasteiger partial charge in [0.2, 0.25) is 5.82 Å². The maximum Gasteiger partial charge on any atom is 0.291 e. The van der Waals surface area contributed by atoms with E-state index in [1.165, 1.54) is 11.3 Å². The number of nitrogens with one attached hydrogen (secondary N) is 2. The van der Waals surface area contributed by atoms with E-state index in [0.29, 0.717) is 5.82 Å². The molecule has 2 rings (SSSR count). The summed E-state index contributed by atoms with van der Waals surface area (Å²) in [6, 6.07) is -0.133. The van der Waals surface area contributed by atoms with Gasteiger partial charge in [-0.1, -0.05) is 0 Å². The molecule has 0 saturated heterocycles. The van der Waals surface area contributed by atoms with Crippen LogP contribution in [0.4, 0.5) is 0 Å². The Labute approximate surface area is 96.1 Å². The van der Waals surface area contributed by atoms with Crippen molar-refractivity contribution in [2.24, 2.45) is 0 Å². The van der Waals surface area contributed by atoms with Crippen LogP contribution < -0.4 is 5.32 Å². The van der Waals surface area contributed by atoms with Crippen LogP contribution in [0.2, 0.25) is 0 Å². The number of carbonyl (C=O) groups is 1. The van der Waals surface area contributed by atoms with E-state index in [9.17, 15) is 4.79 Å². The van der Waals surface area contributed by atoms with Gasteiger partial charge in [-0.25, -0.2) is 9.97 Å². The van der Waals surface area contributed by atoms with E-state index >= 15 is 0 Å². The Morgan fingerprint density at radius 3 is 3.00 bits per heavy atom. The zero-order chi connectivity index (χ0) is 11.5. The third-order valence-corrected chi connectivity index (χ3v) is 2.93. The van der Waals surface area contributed by atoms with Crippen LogP contribution >= 0.6 is 11.3 Å². The Balaban J connectivity index is 2.03. The molecule has 7 heteroatoms. The predicted molar refractivity (Wildman–Crippen MR) is 59.1 cm³/mol. The van der Waals surface area contributed by atoms with Gasteiger partial charge in [-0.05, 0) is 13.8 Å². The van der Waals surface area contributed by atoms with Gasteiger partial charge in [-0.15, -0.1) is 16.4 Å². The molecule has 84 valence electrons. The fraction of sp³-hybridized carbons (Fsp3) is 0.333. The predicted octanol–water partition coefficient (Wildman–Crippen LogP) is 1.06. The number of aryl methyl sites for hydroxylation is 1. The second kappa shape index (κ2) is 4.40. The van der Waals surface area contributed by atoms with Gasteiger partial charge in [0.15, 0.2) is 0 Å². The van der Waals surface area contributed by atoms with E-state index in [-0.39, 0.29) is 17.8 Å². The molecule has 0 radical (unpaired) electrons. The molecule has 2 heterocycles. The van der Waals surface area contributed by atoms with Crippen molar-refractivity contribution in [2.75, 3.05) is 0 Å². The van der Waals surface area contributed by atoms with E-state index in [1.54, 1.807) is 13.1 Å². The topological polar surface area (TPSA) is 83.6 Å².